The molecule has 0 spiro atoms. The van der Waals surface area contributed by atoms with Gasteiger partial charge in [0.15, 0.2) is 0 Å². The number of halogens is 2. The van der Waals surface area contributed by atoms with E-state index in [1.807, 2.05) is 24.3 Å². The van der Waals surface area contributed by atoms with Gasteiger partial charge in [0.25, 0.3) is 0 Å². The first kappa shape index (κ1) is 15.5. The van der Waals surface area contributed by atoms with Gasteiger partial charge < -0.3 is 14.6 Å². The highest BCUT2D eigenvalue weighted by Crippen LogP contribution is 2.27. The lowest BCUT2D eigenvalue weighted by Gasteiger charge is -2.05. The van der Waals surface area contributed by atoms with Crippen LogP contribution in [0.5, 0.6) is 17.2 Å². The molecular formula is C16H14Cl2O3. The minimum absolute atomic E-state index is 0.0379. The third-order valence-electron chi connectivity index (χ3n) is 2.59. The molecule has 0 aliphatic heterocycles. The summed E-state index contributed by atoms with van der Waals surface area (Å²) in [7, 11) is 0. The Morgan fingerprint density at radius 3 is 2.05 bits per heavy atom. The summed E-state index contributed by atoms with van der Waals surface area (Å²) < 4.78 is 10.9. The maximum absolute atomic E-state index is 9.28. The molecule has 0 aliphatic carbocycles. The van der Waals surface area contributed by atoms with Crippen molar-refractivity contribution in [3.8, 4) is 17.2 Å². The smallest absolute Gasteiger partial charge is 0.134 e. The van der Waals surface area contributed by atoms with Crippen LogP contribution in [0, 0.1) is 0 Å². The molecule has 0 atom stereocenters. The Labute approximate surface area is 133 Å². The van der Waals surface area contributed by atoms with Crippen molar-refractivity contribution in [3.63, 3.8) is 0 Å². The van der Waals surface area contributed by atoms with Gasteiger partial charge in [-0.1, -0.05) is 23.2 Å². The van der Waals surface area contributed by atoms with Crippen molar-refractivity contribution < 1.29 is 14.6 Å². The highest BCUT2D eigenvalue weighted by atomic mass is 35.5. The number of ether oxygens (including phenoxy) is 2. The minimum atomic E-state index is 0.0379. The fourth-order valence-corrected chi connectivity index (χ4v) is 1.83. The molecule has 110 valence electrons. The van der Waals surface area contributed by atoms with Gasteiger partial charge in [0.1, 0.15) is 30.5 Å². The molecule has 0 saturated heterocycles. The average molecular weight is 325 g/mol. The van der Waals surface area contributed by atoms with Crippen molar-refractivity contribution in [1.29, 1.82) is 0 Å². The van der Waals surface area contributed by atoms with Crippen LogP contribution in [0.3, 0.4) is 0 Å². The molecule has 0 bridgehead atoms. The van der Waals surface area contributed by atoms with Crippen molar-refractivity contribution in [2.45, 2.75) is 0 Å². The molecule has 2 aromatic carbocycles. The summed E-state index contributed by atoms with van der Waals surface area (Å²) in [5, 5.41) is 10.2. The third kappa shape index (κ3) is 5.21. The van der Waals surface area contributed by atoms with Gasteiger partial charge in [-0.3, -0.25) is 0 Å². The zero-order chi connectivity index (χ0) is 15.1. The van der Waals surface area contributed by atoms with E-state index in [0.717, 1.165) is 5.75 Å². The van der Waals surface area contributed by atoms with Crippen LogP contribution in [0.2, 0.25) is 10.0 Å². The molecule has 2 aromatic rings. The zero-order valence-electron chi connectivity index (χ0n) is 11.1. The van der Waals surface area contributed by atoms with Crippen molar-refractivity contribution in [1.82, 2.24) is 0 Å². The van der Waals surface area contributed by atoms with Gasteiger partial charge in [-0.05, 0) is 48.6 Å². The van der Waals surface area contributed by atoms with E-state index >= 15 is 0 Å². The van der Waals surface area contributed by atoms with E-state index in [4.69, 9.17) is 32.7 Å². The molecule has 0 heterocycles. The lowest BCUT2D eigenvalue weighted by Crippen LogP contribution is -1.96. The molecular weight excluding hydrogens is 311 g/mol. The van der Waals surface area contributed by atoms with Crippen molar-refractivity contribution in [3.05, 3.63) is 64.7 Å². The number of aromatic hydroxyl groups is 1. The van der Waals surface area contributed by atoms with Crippen LogP contribution in [0.1, 0.15) is 0 Å². The topological polar surface area (TPSA) is 38.7 Å². The van der Waals surface area contributed by atoms with Crippen molar-refractivity contribution in [2.75, 3.05) is 13.2 Å². The highest BCUT2D eigenvalue weighted by Gasteiger charge is 1.99. The van der Waals surface area contributed by atoms with Gasteiger partial charge in [-0.15, -0.1) is 0 Å². The second-order valence-corrected chi connectivity index (χ2v) is 5.00. The maximum Gasteiger partial charge on any atom is 0.134 e. The fraction of sp³-hybridized carbons (Fsp3) is 0.125. The van der Waals surface area contributed by atoms with E-state index in [0.29, 0.717) is 24.0 Å². The Morgan fingerprint density at radius 1 is 0.857 bits per heavy atom. The van der Waals surface area contributed by atoms with Gasteiger partial charge in [0.2, 0.25) is 0 Å². The Balaban J connectivity index is 1.70. The summed E-state index contributed by atoms with van der Waals surface area (Å²) in [4.78, 5) is 0. The number of phenols is 1. The lowest BCUT2D eigenvalue weighted by molar-refractivity contribution is 0.350. The van der Waals surface area contributed by atoms with E-state index in [1.165, 1.54) is 6.07 Å². The first-order valence-electron chi connectivity index (χ1n) is 6.30. The second kappa shape index (κ2) is 7.81. The van der Waals surface area contributed by atoms with Crippen LogP contribution in [0.25, 0.3) is 0 Å². The largest absolute Gasteiger partial charge is 0.506 e. The Bertz CT molecular complexity index is 609. The molecule has 0 radical (unpaired) electrons. The first-order chi connectivity index (χ1) is 10.1. The van der Waals surface area contributed by atoms with Crippen LogP contribution >= 0.6 is 23.2 Å². The number of rotatable bonds is 6. The number of phenolic OH excluding ortho intramolecular Hbond substituents is 1. The fourth-order valence-electron chi connectivity index (χ4n) is 1.53. The van der Waals surface area contributed by atoms with Crippen LogP contribution in [0.15, 0.2) is 54.6 Å². The van der Waals surface area contributed by atoms with Crippen LogP contribution in [0.4, 0.5) is 0 Å². The monoisotopic (exact) mass is 324 g/mol. The molecule has 5 heteroatoms. The Hall–Kier alpha value is -1.84. The molecule has 21 heavy (non-hydrogen) atoms. The molecule has 0 saturated carbocycles. The van der Waals surface area contributed by atoms with E-state index in [2.05, 4.69) is 0 Å². The second-order valence-electron chi connectivity index (χ2n) is 4.16. The van der Waals surface area contributed by atoms with Gasteiger partial charge >= 0.3 is 0 Å². The summed E-state index contributed by atoms with van der Waals surface area (Å²) >= 11 is 11.6. The number of hydrogen-bond donors (Lipinski definition) is 1. The SMILES string of the molecule is Oc1ccc(OC/C=C/COc2ccc(Cl)cc2)cc1Cl. The van der Waals surface area contributed by atoms with Crippen molar-refractivity contribution >= 4 is 23.2 Å². The molecule has 3 nitrogen and oxygen atoms in total. The highest BCUT2D eigenvalue weighted by molar-refractivity contribution is 6.32. The molecule has 0 aliphatic rings. The molecule has 1 N–H and O–H groups in total. The van der Waals surface area contributed by atoms with Gasteiger partial charge in [0, 0.05) is 11.1 Å². The van der Waals surface area contributed by atoms with Crippen molar-refractivity contribution in [2.24, 2.45) is 0 Å². The van der Waals surface area contributed by atoms with Crippen LogP contribution < -0.4 is 9.47 Å². The van der Waals surface area contributed by atoms with E-state index in [9.17, 15) is 5.11 Å². The predicted octanol–water partition coefficient (Wildman–Crippen LogP) is 4.71. The van der Waals surface area contributed by atoms with Gasteiger partial charge in [0.05, 0.1) is 5.02 Å². The summed E-state index contributed by atoms with van der Waals surface area (Å²) in [6.07, 6.45) is 3.70. The summed E-state index contributed by atoms with van der Waals surface area (Å²) in [6.45, 7) is 0.840. The predicted molar refractivity (Wildman–Crippen MR) is 84.7 cm³/mol. The van der Waals surface area contributed by atoms with E-state index in [1.54, 1.807) is 24.3 Å². The first-order valence-corrected chi connectivity index (χ1v) is 7.05. The van der Waals surface area contributed by atoms with E-state index in [-0.39, 0.29) is 10.8 Å². The minimum Gasteiger partial charge on any atom is -0.506 e. The quantitative estimate of drug-likeness (QED) is 0.782. The third-order valence-corrected chi connectivity index (χ3v) is 3.15. The number of benzene rings is 2. The normalized spacial score (nSPS) is 10.8. The summed E-state index contributed by atoms with van der Waals surface area (Å²) in [6, 6.07) is 11.9. The lowest BCUT2D eigenvalue weighted by atomic mass is 10.3. The maximum atomic E-state index is 9.28. The molecule has 0 unspecified atom stereocenters. The van der Waals surface area contributed by atoms with Crippen LogP contribution in [-0.4, -0.2) is 18.3 Å². The Kier molecular flexibility index (Phi) is 5.78. The molecule has 0 amide bonds. The molecule has 2 rings (SSSR count). The Morgan fingerprint density at radius 2 is 1.43 bits per heavy atom. The van der Waals surface area contributed by atoms with E-state index < -0.39 is 0 Å². The zero-order valence-corrected chi connectivity index (χ0v) is 12.6. The van der Waals surface area contributed by atoms with Crippen LogP contribution in [-0.2, 0) is 0 Å². The standard InChI is InChI=1S/C16H14Cl2O3/c17-12-3-5-13(6-4-12)20-9-1-2-10-21-14-7-8-16(19)15(18)11-14/h1-8,11,19H,9-10H2/b2-1+. The summed E-state index contributed by atoms with van der Waals surface area (Å²) in [5.74, 6) is 1.40. The molecule has 0 aromatic heterocycles. The number of hydrogen-bond acceptors (Lipinski definition) is 3. The average Bonchev–Trinajstić information content (AvgIpc) is 2.48. The summed E-state index contributed by atoms with van der Waals surface area (Å²) in [5.41, 5.74) is 0. The van der Waals surface area contributed by atoms with Gasteiger partial charge in [-0.2, -0.15) is 0 Å². The molecule has 0 fully saturated rings. The van der Waals surface area contributed by atoms with Gasteiger partial charge in [-0.25, -0.2) is 0 Å².